The molecule has 7 heteroatoms. The first-order valence-corrected chi connectivity index (χ1v) is 7.47. The molecule has 0 aliphatic carbocycles. The molecule has 7 nitrogen and oxygen atoms in total. The van der Waals surface area contributed by atoms with Crippen LogP contribution in [0.5, 0.6) is 0 Å². The second-order valence-electron chi connectivity index (χ2n) is 5.40. The number of nitrogens with zero attached hydrogens (tertiary/aromatic N) is 3. The van der Waals surface area contributed by atoms with Gasteiger partial charge in [-0.05, 0) is 24.6 Å². The van der Waals surface area contributed by atoms with Crippen LogP contribution in [0.25, 0.3) is 16.7 Å². The number of unbranched alkanes of at least 4 members (excludes halogenated alkanes) is 1. The number of carbonyl (C=O) groups is 1. The Labute approximate surface area is 132 Å². The topological polar surface area (TPSA) is 107 Å². The predicted octanol–water partition coefficient (Wildman–Crippen LogP) is 0.616. The Balaban J connectivity index is 2.47. The smallest absolute Gasteiger partial charge is 0.278 e. The summed E-state index contributed by atoms with van der Waals surface area (Å²) in [5.41, 5.74) is 12.4. The largest absolute Gasteiger partial charge is 0.365 e. The summed E-state index contributed by atoms with van der Waals surface area (Å²) in [6.45, 7) is 2.62. The van der Waals surface area contributed by atoms with E-state index < -0.39 is 5.91 Å². The van der Waals surface area contributed by atoms with E-state index in [-0.39, 0.29) is 16.9 Å². The fraction of sp³-hybridized carbons (Fsp3) is 0.250. The SMILES string of the molecule is CCCC[n+]1c(N)c(C(N)=O)cc2c(=O)n3ccccc3nc21. The molecule has 23 heavy (non-hydrogen) atoms. The Morgan fingerprint density at radius 3 is 2.87 bits per heavy atom. The molecule has 3 rings (SSSR count). The van der Waals surface area contributed by atoms with Gasteiger partial charge < -0.3 is 11.5 Å². The summed E-state index contributed by atoms with van der Waals surface area (Å²) < 4.78 is 3.14. The number of fused-ring (bicyclic) bond motifs is 2. The second kappa shape index (κ2) is 5.68. The minimum absolute atomic E-state index is 0.142. The van der Waals surface area contributed by atoms with Crippen molar-refractivity contribution < 1.29 is 9.36 Å². The highest BCUT2D eigenvalue weighted by Gasteiger charge is 2.22. The van der Waals surface area contributed by atoms with Crippen LogP contribution in [0.3, 0.4) is 0 Å². The Kier molecular flexibility index (Phi) is 3.69. The van der Waals surface area contributed by atoms with Crippen molar-refractivity contribution in [3.05, 3.63) is 46.4 Å². The highest BCUT2D eigenvalue weighted by molar-refractivity contribution is 5.99. The molecule has 0 aliphatic heterocycles. The third-order valence-corrected chi connectivity index (χ3v) is 3.86. The van der Waals surface area contributed by atoms with Crippen LogP contribution in [-0.2, 0) is 6.54 Å². The molecule has 4 N–H and O–H groups in total. The van der Waals surface area contributed by atoms with Gasteiger partial charge in [0.15, 0.2) is 0 Å². The Bertz CT molecular complexity index is 978. The average Bonchev–Trinajstić information content (AvgIpc) is 2.54. The van der Waals surface area contributed by atoms with Crippen molar-refractivity contribution in [1.29, 1.82) is 0 Å². The molecule has 0 bridgehead atoms. The number of primary amides is 1. The van der Waals surface area contributed by atoms with Crippen LogP contribution >= 0.6 is 0 Å². The number of nitrogen functional groups attached to an aromatic ring is 1. The van der Waals surface area contributed by atoms with Gasteiger partial charge in [-0.15, -0.1) is 0 Å². The lowest BCUT2D eigenvalue weighted by atomic mass is 10.1. The summed E-state index contributed by atoms with van der Waals surface area (Å²) in [4.78, 5) is 28.9. The van der Waals surface area contributed by atoms with Crippen molar-refractivity contribution in [3.63, 3.8) is 0 Å². The van der Waals surface area contributed by atoms with E-state index in [0.717, 1.165) is 12.8 Å². The molecular weight excluding hydrogens is 294 g/mol. The van der Waals surface area contributed by atoms with Crippen LogP contribution in [0.4, 0.5) is 5.82 Å². The third kappa shape index (κ3) is 2.40. The Morgan fingerprint density at radius 2 is 2.17 bits per heavy atom. The van der Waals surface area contributed by atoms with Gasteiger partial charge in [-0.1, -0.05) is 24.4 Å². The van der Waals surface area contributed by atoms with Crippen molar-refractivity contribution >= 4 is 28.4 Å². The van der Waals surface area contributed by atoms with Crippen LogP contribution in [0, 0.1) is 0 Å². The first-order valence-electron chi connectivity index (χ1n) is 7.47. The number of aromatic nitrogens is 3. The summed E-state index contributed by atoms with van der Waals surface area (Å²) in [6.07, 6.45) is 3.43. The maximum absolute atomic E-state index is 12.7. The van der Waals surface area contributed by atoms with Gasteiger partial charge in [0.05, 0.1) is 6.54 Å². The average molecular weight is 312 g/mol. The standard InChI is InChI=1S/C16H17N5O2/c1-2-3-7-21-13(17)10(14(18)22)9-11-15(21)19-12-6-4-5-8-20(12)16(11)23/h4-6,8-9,17H,2-3,7H2,1H3,(H2,18,22)/p+1. The molecular formula is C16H18N5O2+. The van der Waals surface area contributed by atoms with E-state index in [9.17, 15) is 9.59 Å². The van der Waals surface area contributed by atoms with Crippen LogP contribution in [0.15, 0.2) is 35.3 Å². The minimum Gasteiger partial charge on any atom is -0.365 e. The molecule has 0 aliphatic rings. The van der Waals surface area contributed by atoms with Gasteiger partial charge in [0.25, 0.3) is 17.1 Å². The number of hydrogen-bond donors (Lipinski definition) is 2. The fourth-order valence-electron chi connectivity index (χ4n) is 2.64. The van der Waals surface area contributed by atoms with E-state index in [2.05, 4.69) is 11.9 Å². The van der Waals surface area contributed by atoms with Crippen molar-refractivity contribution in [3.8, 4) is 0 Å². The Morgan fingerprint density at radius 1 is 1.39 bits per heavy atom. The van der Waals surface area contributed by atoms with E-state index in [0.29, 0.717) is 23.2 Å². The summed E-state index contributed by atoms with van der Waals surface area (Å²) in [7, 11) is 0. The lowest BCUT2D eigenvalue weighted by Gasteiger charge is -2.10. The van der Waals surface area contributed by atoms with Crippen molar-refractivity contribution in [1.82, 2.24) is 9.38 Å². The van der Waals surface area contributed by atoms with E-state index in [1.54, 1.807) is 22.9 Å². The Hall–Kier alpha value is -2.96. The normalized spacial score (nSPS) is 11.2. The number of amides is 1. The molecule has 1 amide bonds. The number of carbonyl (C=O) groups excluding carboxylic acids is 1. The monoisotopic (exact) mass is 312 g/mol. The summed E-state index contributed by atoms with van der Waals surface area (Å²) in [5, 5.41) is 0.327. The fourth-order valence-corrected chi connectivity index (χ4v) is 2.64. The molecule has 0 saturated carbocycles. The first kappa shape index (κ1) is 15.0. The maximum atomic E-state index is 12.7. The predicted molar refractivity (Wildman–Crippen MR) is 87.0 cm³/mol. The molecule has 0 atom stereocenters. The number of anilines is 1. The molecule has 0 fully saturated rings. The minimum atomic E-state index is -0.660. The van der Waals surface area contributed by atoms with Crippen molar-refractivity contribution in [2.75, 3.05) is 5.73 Å². The van der Waals surface area contributed by atoms with Gasteiger partial charge in [0.1, 0.15) is 10.9 Å². The maximum Gasteiger partial charge on any atom is 0.278 e. The van der Waals surface area contributed by atoms with Crippen LogP contribution < -0.4 is 21.6 Å². The molecule has 118 valence electrons. The van der Waals surface area contributed by atoms with Gasteiger partial charge >= 0.3 is 0 Å². The number of nitrogens with two attached hydrogens (primary N) is 2. The first-order chi connectivity index (χ1) is 11.0. The zero-order chi connectivity index (χ0) is 16.6. The number of pyridine rings is 2. The molecule has 0 aromatic carbocycles. The van der Waals surface area contributed by atoms with E-state index in [1.165, 1.54) is 10.5 Å². The van der Waals surface area contributed by atoms with Gasteiger partial charge in [0, 0.05) is 6.20 Å². The van der Waals surface area contributed by atoms with Gasteiger partial charge in [-0.25, -0.2) is 4.57 Å². The number of aryl methyl sites for hydroxylation is 1. The zero-order valence-corrected chi connectivity index (χ0v) is 12.8. The van der Waals surface area contributed by atoms with Crippen LogP contribution in [-0.4, -0.2) is 15.3 Å². The third-order valence-electron chi connectivity index (χ3n) is 3.86. The van der Waals surface area contributed by atoms with E-state index in [1.807, 2.05) is 6.07 Å². The van der Waals surface area contributed by atoms with Crippen LogP contribution in [0.1, 0.15) is 30.1 Å². The quantitative estimate of drug-likeness (QED) is 0.544. The lowest BCUT2D eigenvalue weighted by molar-refractivity contribution is -0.659. The van der Waals surface area contributed by atoms with Gasteiger partial charge in [0.2, 0.25) is 11.5 Å². The van der Waals surface area contributed by atoms with Crippen LogP contribution in [0.2, 0.25) is 0 Å². The summed E-state index contributed by atoms with van der Waals surface area (Å²) in [6, 6.07) is 6.75. The molecule has 3 aromatic rings. The van der Waals surface area contributed by atoms with Crippen molar-refractivity contribution in [2.24, 2.45) is 5.73 Å². The second-order valence-corrected chi connectivity index (χ2v) is 5.40. The van der Waals surface area contributed by atoms with Gasteiger partial charge in [-0.2, -0.15) is 0 Å². The van der Waals surface area contributed by atoms with E-state index >= 15 is 0 Å². The van der Waals surface area contributed by atoms with Gasteiger partial charge in [-0.3, -0.25) is 14.0 Å². The molecule has 0 radical (unpaired) electrons. The van der Waals surface area contributed by atoms with Crippen molar-refractivity contribution in [2.45, 2.75) is 26.3 Å². The summed E-state index contributed by atoms with van der Waals surface area (Å²) in [5.74, 6) is -0.419. The molecule has 0 spiro atoms. The lowest BCUT2D eigenvalue weighted by Crippen LogP contribution is -2.42. The number of hydrogen-bond acceptors (Lipinski definition) is 4. The molecule has 3 heterocycles. The van der Waals surface area contributed by atoms with E-state index in [4.69, 9.17) is 11.5 Å². The highest BCUT2D eigenvalue weighted by Crippen LogP contribution is 2.14. The highest BCUT2D eigenvalue weighted by atomic mass is 16.1. The number of rotatable bonds is 4. The molecule has 0 unspecified atom stereocenters. The zero-order valence-electron chi connectivity index (χ0n) is 12.8. The summed E-state index contributed by atoms with van der Waals surface area (Å²) >= 11 is 0. The molecule has 0 saturated heterocycles. The molecule has 3 aromatic heterocycles.